The lowest BCUT2D eigenvalue weighted by molar-refractivity contribution is 0.139. The van der Waals surface area contributed by atoms with Crippen LogP contribution in [0.2, 0.25) is 0 Å². The molecule has 1 aromatic carbocycles. The summed E-state index contributed by atoms with van der Waals surface area (Å²) in [5.41, 5.74) is 0.858. The number of benzene rings is 1. The summed E-state index contributed by atoms with van der Waals surface area (Å²) in [5, 5.41) is 22.7. The molecule has 1 aromatic rings. The van der Waals surface area contributed by atoms with E-state index in [1.165, 1.54) is 0 Å². The maximum Gasteiger partial charge on any atom is 0.124 e. The molecule has 1 atom stereocenters. The number of aliphatic hydroxyl groups excluding tert-OH is 1. The second kappa shape index (κ2) is 6.75. The van der Waals surface area contributed by atoms with Crippen molar-refractivity contribution >= 4 is 0 Å². The largest absolute Gasteiger partial charge is 0.507 e. The van der Waals surface area contributed by atoms with Gasteiger partial charge in [0.15, 0.2) is 0 Å². The van der Waals surface area contributed by atoms with Crippen molar-refractivity contribution in [3.8, 4) is 11.5 Å². The van der Waals surface area contributed by atoms with Gasteiger partial charge in [-0.05, 0) is 12.5 Å². The van der Waals surface area contributed by atoms with Gasteiger partial charge in [-0.1, -0.05) is 6.07 Å². The average molecular weight is 266 g/mol. The second-order valence-electron chi connectivity index (χ2n) is 4.74. The molecular weight excluding hydrogens is 244 g/mol. The van der Waals surface area contributed by atoms with Crippen LogP contribution in [-0.2, 0) is 0 Å². The molecule has 0 saturated carbocycles. The third-order valence-corrected chi connectivity index (χ3v) is 3.59. The van der Waals surface area contributed by atoms with E-state index in [9.17, 15) is 10.2 Å². The van der Waals surface area contributed by atoms with Crippen molar-refractivity contribution in [2.45, 2.75) is 12.5 Å². The molecule has 5 heteroatoms. The summed E-state index contributed by atoms with van der Waals surface area (Å²) in [6.07, 6.45) is 0.625. The van der Waals surface area contributed by atoms with E-state index >= 15 is 0 Å². The Kier molecular flexibility index (Phi) is 5.01. The summed E-state index contributed by atoms with van der Waals surface area (Å²) in [6.45, 7) is 3.85. The predicted octanol–water partition coefficient (Wildman–Crippen LogP) is 0.730. The lowest BCUT2D eigenvalue weighted by Gasteiger charge is -2.35. The fourth-order valence-electron chi connectivity index (χ4n) is 2.58. The Bertz CT molecular complexity index is 406. The number of methoxy groups -OCH3 is 1. The molecule has 0 bridgehead atoms. The maximum atomic E-state index is 10.1. The molecule has 1 aliphatic heterocycles. The number of aromatic hydroxyl groups is 1. The predicted molar refractivity (Wildman–Crippen MR) is 73.5 cm³/mol. The first-order valence-electron chi connectivity index (χ1n) is 6.68. The van der Waals surface area contributed by atoms with Crippen molar-refractivity contribution < 1.29 is 14.9 Å². The molecule has 0 aromatic heterocycles. The summed E-state index contributed by atoms with van der Waals surface area (Å²) in [4.78, 5) is 2.30. The van der Waals surface area contributed by atoms with Gasteiger partial charge in [-0.15, -0.1) is 0 Å². The lowest BCUT2D eigenvalue weighted by atomic mass is 10.00. The van der Waals surface area contributed by atoms with Crippen molar-refractivity contribution in [2.24, 2.45) is 0 Å². The normalized spacial score (nSPS) is 18.2. The molecule has 0 aliphatic carbocycles. The number of phenolic OH excluding ortho intramolecular Hbond substituents is 1. The van der Waals surface area contributed by atoms with Crippen molar-refractivity contribution in [1.82, 2.24) is 10.2 Å². The van der Waals surface area contributed by atoms with E-state index in [1.54, 1.807) is 13.2 Å². The van der Waals surface area contributed by atoms with Gasteiger partial charge in [0.05, 0.1) is 7.11 Å². The van der Waals surface area contributed by atoms with Crippen molar-refractivity contribution in [3.05, 3.63) is 23.8 Å². The Balaban J connectivity index is 2.22. The Morgan fingerprint density at radius 3 is 2.68 bits per heavy atom. The zero-order valence-electron chi connectivity index (χ0n) is 11.3. The highest BCUT2D eigenvalue weighted by Gasteiger charge is 2.24. The first-order valence-corrected chi connectivity index (χ1v) is 6.68. The third-order valence-electron chi connectivity index (χ3n) is 3.59. The van der Waals surface area contributed by atoms with Gasteiger partial charge in [0.25, 0.3) is 0 Å². The number of rotatable bonds is 5. The van der Waals surface area contributed by atoms with E-state index in [-0.39, 0.29) is 18.4 Å². The van der Waals surface area contributed by atoms with E-state index < -0.39 is 0 Å². The molecule has 1 aliphatic rings. The smallest absolute Gasteiger partial charge is 0.124 e. The van der Waals surface area contributed by atoms with E-state index in [0.29, 0.717) is 12.2 Å². The molecule has 106 valence electrons. The summed E-state index contributed by atoms with van der Waals surface area (Å²) in [6, 6.07) is 5.41. The summed E-state index contributed by atoms with van der Waals surface area (Å²) in [7, 11) is 1.58. The van der Waals surface area contributed by atoms with Crippen LogP contribution in [0.4, 0.5) is 0 Å². The summed E-state index contributed by atoms with van der Waals surface area (Å²) in [5.74, 6) is 0.876. The topological polar surface area (TPSA) is 65.0 Å². The van der Waals surface area contributed by atoms with Gasteiger partial charge in [0, 0.05) is 50.5 Å². The van der Waals surface area contributed by atoms with E-state index in [1.807, 2.05) is 12.1 Å². The van der Waals surface area contributed by atoms with Crippen molar-refractivity contribution in [1.29, 1.82) is 0 Å². The number of nitrogens with zero attached hydrogens (tertiary/aromatic N) is 1. The summed E-state index contributed by atoms with van der Waals surface area (Å²) >= 11 is 0. The molecule has 0 amide bonds. The molecule has 5 nitrogen and oxygen atoms in total. The third kappa shape index (κ3) is 3.37. The number of ether oxygens (including phenoxy) is 1. The Morgan fingerprint density at radius 1 is 1.37 bits per heavy atom. The average Bonchev–Trinajstić information content (AvgIpc) is 2.46. The molecule has 1 heterocycles. The molecule has 0 radical (unpaired) electrons. The number of hydrogen-bond donors (Lipinski definition) is 3. The highest BCUT2D eigenvalue weighted by Crippen LogP contribution is 2.33. The van der Waals surface area contributed by atoms with Crippen LogP contribution < -0.4 is 10.1 Å². The number of piperazine rings is 1. The van der Waals surface area contributed by atoms with Gasteiger partial charge in [0.2, 0.25) is 0 Å². The Labute approximate surface area is 113 Å². The number of nitrogens with one attached hydrogen (secondary N) is 1. The minimum Gasteiger partial charge on any atom is -0.507 e. The van der Waals surface area contributed by atoms with Crippen LogP contribution in [0.3, 0.4) is 0 Å². The maximum absolute atomic E-state index is 10.1. The zero-order chi connectivity index (χ0) is 13.7. The van der Waals surface area contributed by atoms with Crippen LogP contribution in [-0.4, -0.2) is 55.0 Å². The van der Waals surface area contributed by atoms with Crippen LogP contribution in [0, 0.1) is 0 Å². The van der Waals surface area contributed by atoms with Crippen molar-refractivity contribution in [2.75, 3.05) is 39.9 Å². The van der Waals surface area contributed by atoms with Gasteiger partial charge in [0.1, 0.15) is 11.5 Å². The molecule has 0 spiro atoms. The monoisotopic (exact) mass is 266 g/mol. The quantitative estimate of drug-likeness (QED) is 0.733. The number of aliphatic hydroxyl groups is 1. The number of hydrogen-bond acceptors (Lipinski definition) is 5. The fraction of sp³-hybridized carbons (Fsp3) is 0.571. The van der Waals surface area contributed by atoms with Gasteiger partial charge < -0.3 is 20.3 Å². The minimum absolute atomic E-state index is 0.0537. The van der Waals surface area contributed by atoms with E-state index in [0.717, 1.165) is 31.7 Å². The van der Waals surface area contributed by atoms with Gasteiger partial charge >= 0.3 is 0 Å². The molecule has 1 fully saturated rings. The van der Waals surface area contributed by atoms with Crippen molar-refractivity contribution in [3.63, 3.8) is 0 Å². The molecule has 0 unspecified atom stereocenters. The van der Waals surface area contributed by atoms with Gasteiger partial charge in [-0.25, -0.2) is 0 Å². The highest BCUT2D eigenvalue weighted by atomic mass is 16.5. The first-order chi connectivity index (χ1) is 9.26. The van der Waals surface area contributed by atoms with E-state index in [2.05, 4.69) is 10.2 Å². The van der Waals surface area contributed by atoms with Gasteiger partial charge in [-0.3, -0.25) is 4.90 Å². The van der Waals surface area contributed by atoms with Crippen LogP contribution in [0.1, 0.15) is 18.0 Å². The summed E-state index contributed by atoms with van der Waals surface area (Å²) < 4.78 is 5.10. The number of phenols is 1. The lowest BCUT2D eigenvalue weighted by Crippen LogP contribution is -2.45. The SMILES string of the molecule is COc1ccc([C@H](CCO)N2CCNCC2)c(O)c1. The minimum atomic E-state index is 0.0537. The van der Waals surface area contributed by atoms with Crippen LogP contribution in [0.15, 0.2) is 18.2 Å². The molecular formula is C14H22N2O3. The Hall–Kier alpha value is -1.30. The molecule has 2 rings (SSSR count). The molecule has 3 N–H and O–H groups in total. The molecule has 19 heavy (non-hydrogen) atoms. The first kappa shape index (κ1) is 14.1. The highest BCUT2D eigenvalue weighted by molar-refractivity contribution is 5.41. The van der Waals surface area contributed by atoms with Crippen LogP contribution >= 0.6 is 0 Å². The molecule has 1 saturated heterocycles. The second-order valence-corrected chi connectivity index (χ2v) is 4.74. The van der Waals surface area contributed by atoms with Crippen LogP contribution in [0.5, 0.6) is 11.5 Å². The van der Waals surface area contributed by atoms with E-state index in [4.69, 9.17) is 4.74 Å². The standard InChI is InChI=1S/C14H22N2O3/c1-19-11-2-3-12(14(18)10-11)13(4-9-17)16-7-5-15-6-8-16/h2-3,10,13,15,17-18H,4-9H2,1H3/t13-/m0/s1. The fourth-order valence-corrected chi connectivity index (χ4v) is 2.58. The van der Waals surface area contributed by atoms with Gasteiger partial charge in [-0.2, -0.15) is 0 Å². The Morgan fingerprint density at radius 2 is 2.11 bits per heavy atom. The zero-order valence-corrected chi connectivity index (χ0v) is 11.3. The van der Waals surface area contributed by atoms with Crippen LogP contribution in [0.25, 0.3) is 0 Å².